The van der Waals surface area contributed by atoms with Crippen LogP contribution in [-0.2, 0) is 27.9 Å². The summed E-state index contributed by atoms with van der Waals surface area (Å²) in [6.45, 7) is 5.41. The van der Waals surface area contributed by atoms with Gasteiger partial charge in [0.15, 0.2) is 0 Å². The molecule has 0 N–H and O–H groups in total. The number of quaternary nitrogens is 1. The molecule has 2 atom stereocenters. The van der Waals surface area contributed by atoms with Crippen LogP contribution in [-0.4, -0.2) is 70.7 Å². The Morgan fingerprint density at radius 3 is 1.34 bits per heavy atom. The second-order valence-electron chi connectivity index (χ2n) is 18.5. The Kier molecular flexibility index (Phi) is 43.3. The highest BCUT2D eigenvalue weighted by molar-refractivity contribution is 7.45. The zero-order chi connectivity index (χ0) is 43.4. The van der Waals surface area contributed by atoms with Crippen molar-refractivity contribution in [2.45, 2.75) is 251 Å². The van der Waals surface area contributed by atoms with E-state index in [0.29, 0.717) is 24.1 Å². The molecule has 0 bridgehead atoms. The fourth-order valence-electron chi connectivity index (χ4n) is 7.35. The van der Waals surface area contributed by atoms with E-state index < -0.39 is 13.9 Å². The predicted molar refractivity (Wildman–Crippen MR) is 250 cm³/mol. The van der Waals surface area contributed by atoms with Gasteiger partial charge in [0.05, 0.1) is 34.4 Å². The number of unbranched alkanes of at least 4 members (excludes halogenated alkanes) is 32. The van der Waals surface area contributed by atoms with Crippen molar-refractivity contribution < 1.29 is 37.3 Å². The molecule has 0 radical (unpaired) electrons. The molecule has 0 aromatic carbocycles. The molecule has 2 unspecified atom stereocenters. The van der Waals surface area contributed by atoms with Gasteiger partial charge in [-0.3, -0.25) is 9.36 Å². The fraction of sp³-hybridized carbons (Fsp3) is 0.940. The quantitative estimate of drug-likeness (QED) is 0.0198. The Bertz CT molecular complexity index is 956. The number of carbonyl (C=O) groups is 1. The predicted octanol–water partition coefficient (Wildman–Crippen LogP) is 14.8. The number of hydrogen-bond donors (Lipinski definition) is 0. The molecule has 0 saturated heterocycles. The molecular weight excluding hydrogens is 758 g/mol. The number of carbonyl (C=O) groups excluding carboxylic acids is 1. The van der Waals surface area contributed by atoms with Gasteiger partial charge in [-0.05, 0) is 32.1 Å². The lowest BCUT2D eigenvalue weighted by atomic mass is 10.0. The van der Waals surface area contributed by atoms with Crippen molar-refractivity contribution >= 4 is 13.8 Å². The Hall–Kier alpha value is -0.760. The van der Waals surface area contributed by atoms with Crippen molar-refractivity contribution in [3.8, 4) is 0 Å². The van der Waals surface area contributed by atoms with E-state index in [0.717, 1.165) is 44.9 Å². The first-order valence-electron chi connectivity index (χ1n) is 25.4. The molecular formula is C50H100NO7P. The first-order valence-corrected chi connectivity index (χ1v) is 26.9. The Morgan fingerprint density at radius 1 is 0.508 bits per heavy atom. The average molecular weight is 858 g/mol. The van der Waals surface area contributed by atoms with Crippen molar-refractivity contribution in [2.75, 3.05) is 54.1 Å². The molecule has 0 fully saturated rings. The molecule has 0 spiro atoms. The number of phosphoric acid groups is 1. The fourth-order valence-corrected chi connectivity index (χ4v) is 8.08. The van der Waals surface area contributed by atoms with Crippen molar-refractivity contribution in [1.82, 2.24) is 0 Å². The van der Waals surface area contributed by atoms with Crippen molar-refractivity contribution in [1.29, 1.82) is 0 Å². The van der Waals surface area contributed by atoms with E-state index in [4.69, 9.17) is 18.5 Å². The second kappa shape index (κ2) is 43.9. The number of likely N-dealkylation sites (N-methyl/N-ethyl adjacent to an activating group) is 1. The lowest BCUT2D eigenvalue weighted by Crippen LogP contribution is -2.37. The van der Waals surface area contributed by atoms with Crippen molar-refractivity contribution in [3.63, 3.8) is 0 Å². The highest BCUT2D eigenvalue weighted by Gasteiger charge is 2.20. The van der Waals surface area contributed by atoms with E-state index in [-0.39, 0.29) is 25.8 Å². The zero-order valence-electron chi connectivity index (χ0n) is 40.0. The summed E-state index contributed by atoms with van der Waals surface area (Å²) in [6, 6.07) is 0. The van der Waals surface area contributed by atoms with Gasteiger partial charge in [-0.25, -0.2) is 0 Å². The first-order chi connectivity index (χ1) is 28.6. The number of rotatable bonds is 48. The number of esters is 1. The third kappa shape index (κ3) is 48.1. The van der Waals surface area contributed by atoms with Gasteiger partial charge in [-0.1, -0.05) is 219 Å². The van der Waals surface area contributed by atoms with E-state index in [1.807, 2.05) is 21.1 Å². The van der Waals surface area contributed by atoms with Gasteiger partial charge in [0.1, 0.15) is 19.3 Å². The molecule has 0 heterocycles. The van der Waals surface area contributed by atoms with Crippen LogP contribution in [0.4, 0.5) is 0 Å². The van der Waals surface area contributed by atoms with Gasteiger partial charge < -0.3 is 27.9 Å². The van der Waals surface area contributed by atoms with Crippen LogP contribution >= 0.6 is 7.82 Å². The largest absolute Gasteiger partial charge is 0.756 e. The summed E-state index contributed by atoms with van der Waals surface area (Å²) in [6.07, 6.45) is 49.7. The highest BCUT2D eigenvalue weighted by atomic mass is 31.2. The van der Waals surface area contributed by atoms with Gasteiger partial charge in [0, 0.05) is 13.0 Å². The smallest absolute Gasteiger partial charge is 0.306 e. The summed E-state index contributed by atoms with van der Waals surface area (Å²) in [4.78, 5) is 25.0. The lowest BCUT2D eigenvalue weighted by molar-refractivity contribution is -0.870. The minimum Gasteiger partial charge on any atom is -0.756 e. The van der Waals surface area contributed by atoms with E-state index in [1.54, 1.807) is 0 Å². The van der Waals surface area contributed by atoms with Crippen LogP contribution in [0.2, 0.25) is 0 Å². The Labute approximate surface area is 367 Å². The minimum absolute atomic E-state index is 0.0278. The summed E-state index contributed by atoms with van der Waals surface area (Å²) in [5.74, 6) is -0.340. The zero-order valence-corrected chi connectivity index (χ0v) is 40.9. The topological polar surface area (TPSA) is 94.1 Å². The SMILES string of the molecule is CCCC/C=C\CCCCCCCC(=O)OC(COCCCCCCCCCCCCCCCCCCCCCCCCCCCC)COP(=O)([O-])OCC[N+](C)(C)C. The molecule has 0 aliphatic carbocycles. The first kappa shape index (κ1) is 58.2. The van der Waals surface area contributed by atoms with Gasteiger partial charge in [0.2, 0.25) is 0 Å². The third-order valence-electron chi connectivity index (χ3n) is 11.3. The molecule has 8 nitrogen and oxygen atoms in total. The van der Waals surface area contributed by atoms with Crippen LogP contribution in [0.1, 0.15) is 245 Å². The van der Waals surface area contributed by atoms with E-state index in [9.17, 15) is 14.3 Å². The van der Waals surface area contributed by atoms with E-state index in [2.05, 4.69) is 26.0 Å². The molecule has 0 aromatic heterocycles. The van der Waals surface area contributed by atoms with Crippen LogP contribution < -0.4 is 4.89 Å². The number of ether oxygens (including phenoxy) is 2. The maximum absolute atomic E-state index is 12.7. The van der Waals surface area contributed by atoms with Crippen molar-refractivity contribution in [2.24, 2.45) is 0 Å². The lowest BCUT2D eigenvalue weighted by Gasteiger charge is -2.28. The van der Waals surface area contributed by atoms with Crippen LogP contribution in [0.5, 0.6) is 0 Å². The number of phosphoric ester groups is 1. The van der Waals surface area contributed by atoms with Gasteiger partial charge in [0.25, 0.3) is 7.82 Å². The highest BCUT2D eigenvalue weighted by Crippen LogP contribution is 2.38. The molecule has 0 amide bonds. The molecule has 59 heavy (non-hydrogen) atoms. The number of hydrogen-bond acceptors (Lipinski definition) is 7. The van der Waals surface area contributed by atoms with Crippen LogP contribution in [0.25, 0.3) is 0 Å². The monoisotopic (exact) mass is 858 g/mol. The van der Waals surface area contributed by atoms with Gasteiger partial charge in [-0.15, -0.1) is 0 Å². The van der Waals surface area contributed by atoms with E-state index >= 15 is 0 Å². The number of allylic oxidation sites excluding steroid dienone is 2. The van der Waals surface area contributed by atoms with Crippen molar-refractivity contribution in [3.05, 3.63) is 12.2 Å². The summed E-state index contributed by atoms with van der Waals surface area (Å²) in [5, 5.41) is 0. The Morgan fingerprint density at radius 2 is 0.898 bits per heavy atom. The Balaban J connectivity index is 3.95. The molecule has 0 saturated carbocycles. The van der Waals surface area contributed by atoms with Crippen LogP contribution in [0, 0.1) is 0 Å². The summed E-state index contributed by atoms with van der Waals surface area (Å²) >= 11 is 0. The second-order valence-corrected chi connectivity index (χ2v) is 19.9. The molecule has 0 aromatic rings. The normalized spacial score (nSPS) is 13.7. The van der Waals surface area contributed by atoms with Crippen LogP contribution in [0.3, 0.4) is 0 Å². The molecule has 0 aliphatic rings. The van der Waals surface area contributed by atoms with E-state index in [1.165, 1.54) is 180 Å². The average Bonchev–Trinajstić information content (AvgIpc) is 3.19. The summed E-state index contributed by atoms with van der Waals surface area (Å²) in [5.41, 5.74) is 0. The molecule has 0 aliphatic heterocycles. The maximum atomic E-state index is 12.7. The number of nitrogens with zero attached hydrogens (tertiary/aromatic N) is 1. The van der Waals surface area contributed by atoms with Gasteiger partial charge >= 0.3 is 5.97 Å². The summed E-state index contributed by atoms with van der Waals surface area (Å²) < 4.78 is 34.6. The summed E-state index contributed by atoms with van der Waals surface area (Å²) in [7, 11) is 1.36. The standard InChI is InChI=1S/C50H100NO7P/c1-6-8-10-12-14-16-18-19-20-21-22-23-24-25-26-27-28-29-30-31-32-34-36-38-40-42-45-55-47-49(48-57-59(53,54)56-46-44-51(3,4)5)58-50(52)43-41-39-37-35-33-17-15-13-11-9-7-2/h13,15,49H,6-12,14,16-48H2,1-5H3/b15-13-. The maximum Gasteiger partial charge on any atom is 0.306 e. The minimum atomic E-state index is -4.52. The molecule has 352 valence electrons. The molecule has 9 heteroatoms. The third-order valence-corrected chi connectivity index (χ3v) is 12.3. The van der Waals surface area contributed by atoms with Crippen LogP contribution in [0.15, 0.2) is 12.2 Å². The van der Waals surface area contributed by atoms with Gasteiger partial charge in [-0.2, -0.15) is 0 Å². The molecule has 0 rings (SSSR count).